The van der Waals surface area contributed by atoms with Gasteiger partial charge in [0.05, 0.1) is 13.2 Å². The lowest BCUT2D eigenvalue weighted by Gasteiger charge is -2.42. The molecule has 0 spiro atoms. The molecule has 0 bridgehead atoms. The summed E-state index contributed by atoms with van der Waals surface area (Å²) in [7, 11) is 7.65. The summed E-state index contributed by atoms with van der Waals surface area (Å²) in [6.07, 6.45) is 9.60. The van der Waals surface area contributed by atoms with Crippen LogP contribution in [0.25, 0.3) is 0 Å². The molecule has 7 heteroatoms. The highest BCUT2D eigenvalue weighted by Crippen LogP contribution is 2.45. The van der Waals surface area contributed by atoms with Gasteiger partial charge in [-0.05, 0) is 88.9 Å². The molecule has 1 N–H and O–H groups in total. The number of phenolic OH excluding ortho intramolecular Hbond substituents is 1. The Morgan fingerprint density at radius 1 is 1.07 bits per heavy atom. The van der Waals surface area contributed by atoms with Crippen molar-refractivity contribution >= 4 is 6.29 Å². The molecule has 0 amide bonds. The van der Waals surface area contributed by atoms with Gasteiger partial charge in [-0.2, -0.15) is 0 Å². The average molecular weight is 569 g/mol. The summed E-state index contributed by atoms with van der Waals surface area (Å²) < 4.78 is 15.8. The smallest absolute Gasteiger partial charge is 0.169 e. The van der Waals surface area contributed by atoms with Crippen molar-refractivity contribution in [1.29, 1.82) is 0 Å². The minimum atomic E-state index is -0.160. The number of aldehydes is 1. The van der Waals surface area contributed by atoms with Gasteiger partial charge in [0.1, 0.15) is 12.0 Å². The van der Waals surface area contributed by atoms with Crippen LogP contribution < -0.4 is 0 Å². The molecule has 228 valence electrons. The summed E-state index contributed by atoms with van der Waals surface area (Å²) in [6.45, 7) is 5.08. The van der Waals surface area contributed by atoms with Gasteiger partial charge < -0.3 is 33.9 Å². The maximum atomic E-state index is 10.7. The van der Waals surface area contributed by atoms with Crippen molar-refractivity contribution in [2.75, 3.05) is 67.7 Å². The van der Waals surface area contributed by atoms with E-state index >= 15 is 0 Å². The van der Waals surface area contributed by atoms with E-state index in [1.807, 2.05) is 18.2 Å². The van der Waals surface area contributed by atoms with Crippen molar-refractivity contribution in [3.8, 4) is 5.75 Å². The maximum absolute atomic E-state index is 10.7. The Morgan fingerprint density at radius 2 is 1.78 bits per heavy atom. The van der Waals surface area contributed by atoms with Crippen LogP contribution in [0.5, 0.6) is 5.75 Å². The summed E-state index contributed by atoms with van der Waals surface area (Å²) in [4.78, 5) is 15.0. The first-order valence-corrected chi connectivity index (χ1v) is 15.2. The number of benzene rings is 2. The van der Waals surface area contributed by atoms with Crippen LogP contribution in [0.1, 0.15) is 61.6 Å². The molecule has 2 aromatic rings. The summed E-state index contributed by atoms with van der Waals surface area (Å²) in [6, 6.07) is 16.5. The molecule has 4 rings (SSSR count). The fourth-order valence-corrected chi connectivity index (χ4v) is 5.66. The van der Waals surface area contributed by atoms with Crippen LogP contribution in [-0.4, -0.2) is 95.2 Å². The minimum absolute atomic E-state index is 0.0825. The normalized spacial score (nSPS) is 16.9. The van der Waals surface area contributed by atoms with Crippen molar-refractivity contribution in [2.24, 2.45) is 5.92 Å². The van der Waals surface area contributed by atoms with Crippen molar-refractivity contribution in [3.05, 3.63) is 65.2 Å². The Hall–Kier alpha value is -2.29. The quantitative estimate of drug-likeness (QED) is 0.168. The molecule has 1 heterocycles. The lowest BCUT2D eigenvalue weighted by molar-refractivity contribution is -0.113. The largest absolute Gasteiger partial charge is 0.508 e. The number of methoxy groups -OCH3 is 2. The fraction of sp³-hybridized carbons (Fsp3) is 0.618. The molecule has 1 saturated carbocycles. The van der Waals surface area contributed by atoms with Crippen molar-refractivity contribution < 1.29 is 24.1 Å². The van der Waals surface area contributed by atoms with Gasteiger partial charge >= 0.3 is 0 Å². The molecule has 2 aliphatic rings. The number of likely N-dealkylation sites (tertiary alicyclic amines) is 1. The Bertz CT molecular complexity index is 1000. The van der Waals surface area contributed by atoms with Gasteiger partial charge in [-0.25, -0.2) is 0 Å². The number of hydrogen-bond donors (Lipinski definition) is 1. The Morgan fingerprint density at radius 3 is 2.41 bits per heavy atom. The van der Waals surface area contributed by atoms with Gasteiger partial charge in [0.15, 0.2) is 6.29 Å². The van der Waals surface area contributed by atoms with Gasteiger partial charge in [-0.15, -0.1) is 0 Å². The third-order valence-electron chi connectivity index (χ3n) is 8.49. The molecular weight excluding hydrogens is 516 g/mol. The zero-order valence-electron chi connectivity index (χ0n) is 25.7. The molecule has 1 aliphatic carbocycles. The van der Waals surface area contributed by atoms with Gasteiger partial charge in [0.25, 0.3) is 0 Å². The topological polar surface area (TPSA) is 71.5 Å². The Labute approximate surface area is 247 Å². The van der Waals surface area contributed by atoms with E-state index in [2.05, 4.69) is 54.2 Å². The summed E-state index contributed by atoms with van der Waals surface area (Å²) in [5, 5.41) is 10.7. The molecule has 41 heavy (non-hydrogen) atoms. The van der Waals surface area contributed by atoms with Crippen molar-refractivity contribution in [2.45, 2.75) is 63.1 Å². The second kappa shape index (κ2) is 17.6. The highest BCUT2D eigenvalue weighted by Gasteiger charge is 2.39. The van der Waals surface area contributed by atoms with Crippen LogP contribution in [0.15, 0.2) is 48.5 Å². The Kier molecular flexibility index (Phi) is 14.3. The van der Waals surface area contributed by atoms with E-state index in [0.29, 0.717) is 25.4 Å². The third-order valence-corrected chi connectivity index (χ3v) is 8.49. The number of aromatic hydroxyl groups is 1. The molecule has 1 aliphatic heterocycles. The number of ether oxygens (including phenoxy) is 3. The van der Waals surface area contributed by atoms with E-state index in [9.17, 15) is 9.90 Å². The third kappa shape index (κ3) is 10.8. The first-order valence-electron chi connectivity index (χ1n) is 15.2. The van der Waals surface area contributed by atoms with Gasteiger partial charge in [0, 0.05) is 38.2 Å². The monoisotopic (exact) mass is 568 g/mol. The molecule has 0 unspecified atom stereocenters. The molecule has 0 atom stereocenters. The van der Waals surface area contributed by atoms with Crippen LogP contribution in [0, 0.1) is 5.92 Å². The Balaban J connectivity index is 0.000000278. The van der Waals surface area contributed by atoms with Crippen molar-refractivity contribution in [1.82, 2.24) is 9.80 Å². The predicted molar refractivity (Wildman–Crippen MR) is 165 cm³/mol. The first kappa shape index (κ1) is 33.2. The van der Waals surface area contributed by atoms with E-state index in [-0.39, 0.29) is 11.7 Å². The number of carbonyl (C=O) groups is 1. The maximum Gasteiger partial charge on any atom is 0.169 e. The minimum Gasteiger partial charge on any atom is -0.508 e. The van der Waals surface area contributed by atoms with Crippen LogP contribution in [0.3, 0.4) is 0 Å². The van der Waals surface area contributed by atoms with Crippen molar-refractivity contribution in [3.63, 3.8) is 0 Å². The predicted octanol–water partition coefficient (Wildman–Crippen LogP) is 5.28. The summed E-state index contributed by atoms with van der Waals surface area (Å²) in [5.41, 5.74) is 3.29. The SMILES string of the molecule is CN1CCC(c2ccccc2)(c2cc(CCOCCC=O)ccc2O)CC1.COC(CN(C)CCCC1CC1)OC. The van der Waals surface area contributed by atoms with Gasteiger partial charge in [-0.3, -0.25) is 0 Å². The molecule has 1 saturated heterocycles. The second-order valence-electron chi connectivity index (χ2n) is 11.7. The molecule has 0 radical (unpaired) electrons. The van der Waals surface area contributed by atoms with E-state index in [1.165, 1.54) is 31.2 Å². The number of piperidine rings is 1. The molecule has 2 fully saturated rings. The highest BCUT2D eigenvalue weighted by molar-refractivity contribution is 5.49. The number of carbonyl (C=O) groups excluding carboxylic acids is 1. The van der Waals surface area contributed by atoms with E-state index in [0.717, 1.165) is 68.8 Å². The van der Waals surface area contributed by atoms with Crippen LogP contribution in [-0.2, 0) is 30.8 Å². The van der Waals surface area contributed by atoms with E-state index < -0.39 is 0 Å². The lowest BCUT2D eigenvalue weighted by atomic mass is 9.67. The number of hydrogen-bond acceptors (Lipinski definition) is 7. The zero-order chi connectivity index (χ0) is 29.5. The highest BCUT2D eigenvalue weighted by atomic mass is 16.7. The van der Waals surface area contributed by atoms with Crippen LogP contribution in [0.4, 0.5) is 0 Å². The van der Waals surface area contributed by atoms with Gasteiger partial charge in [0.2, 0.25) is 0 Å². The van der Waals surface area contributed by atoms with Crippen LogP contribution >= 0.6 is 0 Å². The molecule has 0 aromatic heterocycles. The molecular formula is C34H52N2O5. The van der Waals surface area contributed by atoms with E-state index in [1.54, 1.807) is 14.2 Å². The summed E-state index contributed by atoms with van der Waals surface area (Å²) in [5.74, 6) is 1.41. The lowest BCUT2D eigenvalue weighted by Crippen LogP contribution is -2.41. The first-order chi connectivity index (χ1) is 19.9. The van der Waals surface area contributed by atoms with Crippen LogP contribution in [0.2, 0.25) is 0 Å². The van der Waals surface area contributed by atoms with E-state index in [4.69, 9.17) is 14.2 Å². The number of phenols is 1. The zero-order valence-corrected chi connectivity index (χ0v) is 25.7. The van der Waals surface area contributed by atoms with Gasteiger partial charge in [-0.1, -0.05) is 55.3 Å². The summed E-state index contributed by atoms with van der Waals surface area (Å²) >= 11 is 0. The fourth-order valence-electron chi connectivity index (χ4n) is 5.66. The second-order valence-corrected chi connectivity index (χ2v) is 11.7. The standard InChI is InChI=1S/C23H29NO3.C11H23NO2/c1-24-13-11-23(12-14-24,20-6-3-2-4-7-20)21-18-19(8-9-22(21)26)10-17-27-16-5-15-25;1-12(9-11(13-2)14-3)8-4-5-10-6-7-10/h2-4,6-9,15,18,26H,5,10-14,16-17H2,1H3;10-11H,4-9H2,1-3H3. The number of nitrogens with zero attached hydrogens (tertiary/aromatic N) is 2. The molecule has 2 aromatic carbocycles. The average Bonchev–Trinajstić information content (AvgIpc) is 3.82. The molecule has 7 nitrogen and oxygen atoms in total. The number of likely N-dealkylation sites (N-methyl/N-ethyl adjacent to an activating group) is 1. The number of rotatable bonds is 16.